The van der Waals surface area contributed by atoms with Gasteiger partial charge in [-0.2, -0.15) is 0 Å². The van der Waals surface area contributed by atoms with Gasteiger partial charge in [0, 0.05) is 5.56 Å². The van der Waals surface area contributed by atoms with Crippen LogP contribution in [0.25, 0.3) is 11.1 Å². The van der Waals surface area contributed by atoms with Crippen molar-refractivity contribution < 1.29 is 9.90 Å². The molecule has 0 saturated heterocycles. The first-order valence-corrected chi connectivity index (χ1v) is 10.2. The molecule has 0 saturated carbocycles. The maximum Gasteiger partial charge on any atom is 0.257 e. The molecule has 3 N–H and O–H groups in total. The molecule has 0 unspecified atom stereocenters. The van der Waals surface area contributed by atoms with Crippen molar-refractivity contribution in [2.24, 2.45) is 0 Å². The molecule has 154 valence electrons. The Morgan fingerprint density at radius 3 is 2.17 bits per heavy atom. The fraction of sp³-hybridized carbons (Fsp3) is 0.167. The highest BCUT2D eigenvalue weighted by molar-refractivity contribution is 7.80. The van der Waals surface area contributed by atoms with Gasteiger partial charge in [-0.05, 0) is 58.6 Å². The highest BCUT2D eigenvalue weighted by Gasteiger charge is 2.19. The zero-order valence-electron chi connectivity index (χ0n) is 17.0. The molecule has 6 heteroatoms. The molecular weight excluding hydrogens is 416 g/mol. The summed E-state index contributed by atoms with van der Waals surface area (Å²) in [6, 6.07) is 20.7. The average molecular weight is 439 g/mol. The van der Waals surface area contributed by atoms with Crippen LogP contribution in [-0.4, -0.2) is 16.1 Å². The van der Waals surface area contributed by atoms with Crippen LogP contribution in [0.15, 0.2) is 66.7 Å². The molecule has 0 atom stereocenters. The van der Waals surface area contributed by atoms with Crippen molar-refractivity contribution in [2.75, 3.05) is 5.32 Å². The second kappa shape index (κ2) is 8.86. The molecule has 0 heterocycles. The summed E-state index contributed by atoms with van der Waals surface area (Å²) in [7, 11) is 0. The standard InChI is InChI=1S/C24H23ClN2O2S/c1-24(2,3)18-13-19(25)21(28)20(14-18)26-23(30)27-22(29)17-11-9-16(10-12-17)15-7-5-4-6-8-15/h4-14,28H,1-3H3,(H2,26,27,29,30). The summed E-state index contributed by atoms with van der Waals surface area (Å²) in [5.41, 5.74) is 3.68. The molecule has 0 radical (unpaired) electrons. The number of rotatable bonds is 3. The van der Waals surface area contributed by atoms with Gasteiger partial charge in [-0.3, -0.25) is 10.1 Å². The first kappa shape index (κ1) is 21.8. The third-order valence-corrected chi connectivity index (χ3v) is 5.15. The molecule has 4 nitrogen and oxygen atoms in total. The van der Waals surface area contributed by atoms with Crippen LogP contribution >= 0.6 is 23.8 Å². The van der Waals surface area contributed by atoms with E-state index in [0.717, 1.165) is 16.7 Å². The topological polar surface area (TPSA) is 61.4 Å². The fourth-order valence-corrected chi connectivity index (χ4v) is 3.32. The molecule has 0 bridgehead atoms. The number of amides is 1. The fourth-order valence-electron chi connectivity index (χ4n) is 2.90. The number of hydrogen-bond acceptors (Lipinski definition) is 3. The largest absolute Gasteiger partial charge is 0.504 e. The third-order valence-electron chi connectivity index (χ3n) is 4.66. The summed E-state index contributed by atoms with van der Waals surface area (Å²) < 4.78 is 0. The van der Waals surface area contributed by atoms with Crippen LogP contribution in [0.4, 0.5) is 5.69 Å². The van der Waals surface area contributed by atoms with Gasteiger partial charge >= 0.3 is 0 Å². The lowest BCUT2D eigenvalue weighted by molar-refractivity contribution is 0.0977. The van der Waals surface area contributed by atoms with Crippen LogP contribution in [-0.2, 0) is 5.41 Å². The predicted octanol–water partition coefficient (Wildman–Crippen LogP) is 6.14. The van der Waals surface area contributed by atoms with E-state index in [2.05, 4.69) is 10.6 Å². The number of phenolic OH excluding ortho intramolecular Hbond substituents is 1. The van der Waals surface area contributed by atoms with E-state index in [1.165, 1.54) is 0 Å². The number of carbonyl (C=O) groups is 1. The second-order valence-corrected chi connectivity index (χ2v) is 8.77. The van der Waals surface area contributed by atoms with E-state index in [9.17, 15) is 9.90 Å². The molecule has 30 heavy (non-hydrogen) atoms. The van der Waals surface area contributed by atoms with Crippen LogP contribution in [0.5, 0.6) is 5.75 Å². The number of halogens is 1. The van der Waals surface area contributed by atoms with Crippen LogP contribution in [0.2, 0.25) is 5.02 Å². The molecule has 3 aromatic rings. The number of nitrogens with one attached hydrogen (secondary N) is 2. The van der Waals surface area contributed by atoms with Gasteiger partial charge in [0.25, 0.3) is 5.91 Å². The number of carbonyl (C=O) groups excluding carboxylic acids is 1. The van der Waals surface area contributed by atoms with E-state index >= 15 is 0 Å². The molecular formula is C24H23ClN2O2S. The number of benzene rings is 3. The molecule has 0 aliphatic heterocycles. The Morgan fingerprint density at radius 2 is 1.57 bits per heavy atom. The Balaban J connectivity index is 1.71. The van der Waals surface area contributed by atoms with Gasteiger partial charge in [0.15, 0.2) is 10.9 Å². The summed E-state index contributed by atoms with van der Waals surface area (Å²) >= 11 is 11.4. The van der Waals surface area contributed by atoms with Crippen molar-refractivity contribution >= 4 is 40.5 Å². The molecule has 0 aliphatic carbocycles. The first-order valence-electron chi connectivity index (χ1n) is 9.46. The predicted molar refractivity (Wildman–Crippen MR) is 127 cm³/mol. The minimum Gasteiger partial charge on any atom is -0.504 e. The maximum absolute atomic E-state index is 12.5. The van der Waals surface area contributed by atoms with Crippen molar-refractivity contribution in [3.8, 4) is 16.9 Å². The lowest BCUT2D eigenvalue weighted by atomic mass is 9.87. The molecule has 0 aromatic heterocycles. The molecule has 1 amide bonds. The van der Waals surface area contributed by atoms with Crippen molar-refractivity contribution in [2.45, 2.75) is 26.2 Å². The van der Waals surface area contributed by atoms with E-state index < -0.39 is 0 Å². The Bertz CT molecular complexity index is 1070. The van der Waals surface area contributed by atoms with Crippen LogP contribution in [0.3, 0.4) is 0 Å². The smallest absolute Gasteiger partial charge is 0.257 e. The Labute approximate surface area is 186 Å². The lowest BCUT2D eigenvalue weighted by Gasteiger charge is -2.21. The van der Waals surface area contributed by atoms with Gasteiger partial charge in [0.05, 0.1) is 10.7 Å². The third kappa shape index (κ3) is 5.17. The molecule has 0 aliphatic rings. The molecule has 3 rings (SSSR count). The van der Waals surface area contributed by atoms with E-state index in [1.54, 1.807) is 24.3 Å². The number of anilines is 1. The normalized spacial score (nSPS) is 11.1. The molecule has 3 aromatic carbocycles. The molecule has 0 spiro atoms. The monoisotopic (exact) mass is 438 g/mol. The second-order valence-electron chi connectivity index (χ2n) is 7.96. The number of phenols is 1. The van der Waals surface area contributed by atoms with Crippen LogP contribution in [0.1, 0.15) is 36.7 Å². The number of hydrogen-bond donors (Lipinski definition) is 3. The van der Waals surface area contributed by atoms with Crippen LogP contribution < -0.4 is 10.6 Å². The first-order chi connectivity index (χ1) is 14.1. The van der Waals surface area contributed by atoms with Gasteiger partial charge in [-0.25, -0.2) is 0 Å². The summed E-state index contributed by atoms with van der Waals surface area (Å²) in [6.45, 7) is 6.12. The minimum atomic E-state index is -0.343. The summed E-state index contributed by atoms with van der Waals surface area (Å²) in [4.78, 5) is 12.5. The average Bonchev–Trinajstić information content (AvgIpc) is 2.71. The minimum absolute atomic E-state index is 0.0737. The van der Waals surface area contributed by atoms with Crippen molar-refractivity contribution in [1.82, 2.24) is 5.32 Å². The number of aromatic hydroxyl groups is 1. The van der Waals surface area contributed by atoms with Crippen molar-refractivity contribution in [3.63, 3.8) is 0 Å². The van der Waals surface area contributed by atoms with E-state index in [4.69, 9.17) is 23.8 Å². The summed E-state index contributed by atoms with van der Waals surface area (Å²) in [6.07, 6.45) is 0. The Hall–Kier alpha value is -2.89. The zero-order chi connectivity index (χ0) is 21.9. The molecule has 0 fully saturated rings. The maximum atomic E-state index is 12.5. The van der Waals surface area contributed by atoms with E-state index in [-0.39, 0.29) is 27.2 Å². The van der Waals surface area contributed by atoms with Crippen LogP contribution in [0, 0.1) is 0 Å². The van der Waals surface area contributed by atoms with Gasteiger partial charge in [-0.15, -0.1) is 0 Å². The highest BCUT2D eigenvalue weighted by Crippen LogP contribution is 2.37. The van der Waals surface area contributed by atoms with Gasteiger partial charge < -0.3 is 10.4 Å². The van der Waals surface area contributed by atoms with Crippen molar-refractivity contribution in [1.29, 1.82) is 0 Å². The Kier molecular flexibility index (Phi) is 6.44. The summed E-state index contributed by atoms with van der Waals surface area (Å²) in [5, 5.41) is 16.1. The Morgan fingerprint density at radius 1 is 0.967 bits per heavy atom. The van der Waals surface area contributed by atoms with E-state index in [0.29, 0.717) is 11.3 Å². The highest BCUT2D eigenvalue weighted by atomic mass is 35.5. The van der Waals surface area contributed by atoms with Gasteiger partial charge in [0.1, 0.15) is 0 Å². The number of thiocarbonyl (C=S) groups is 1. The SMILES string of the molecule is CC(C)(C)c1cc(Cl)c(O)c(NC(=S)NC(=O)c2ccc(-c3ccccc3)cc2)c1. The van der Waals surface area contributed by atoms with Gasteiger partial charge in [-0.1, -0.05) is 74.8 Å². The quantitative estimate of drug-likeness (QED) is 0.339. The summed E-state index contributed by atoms with van der Waals surface area (Å²) in [5.74, 6) is -0.460. The zero-order valence-corrected chi connectivity index (χ0v) is 18.6. The van der Waals surface area contributed by atoms with E-state index in [1.807, 2.05) is 63.2 Å². The lowest BCUT2D eigenvalue weighted by Crippen LogP contribution is -2.34. The van der Waals surface area contributed by atoms with Gasteiger partial charge in [0.2, 0.25) is 0 Å². The van der Waals surface area contributed by atoms with Crippen molar-refractivity contribution in [3.05, 3.63) is 82.9 Å².